The second kappa shape index (κ2) is 5.88. The number of amides is 1. The zero-order chi connectivity index (χ0) is 14.0. The molecular formula is C14H18ClFN2O. The molecule has 1 atom stereocenters. The van der Waals surface area contributed by atoms with Crippen LogP contribution >= 0.6 is 11.6 Å². The minimum absolute atomic E-state index is 0.206. The van der Waals surface area contributed by atoms with Crippen LogP contribution < -0.4 is 5.73 Å². The fraction of sp³-hybridized carbons (Fsp3) is 0.500. The molecule has 0 bridgehead atoms. The van der Waals surface area contributed by atoms with Crippen molar-refractivity contribution in [3.8, 4) is 0 Å². The molecule has 1 aromatic rings. The number of rotatable bonds is 2. The number of carbonyl (C=O) groups is 1. The smallest absolute Gasteiger partial charge is 0.255 e. The summed E-state index contributed by atoms with van der Waals surface area (Å²) in [5.41, 5.74) is 6.34. The number of likely N-dealkylation sites (tertiary alicyclic amines) is 1. The average Bonchev–Trinajstić information content (AvgIpc) is 2.42. The quantitative estimate of drug-likeness (QED) is 0.907. The monoisotopic (exact) mass is 284 g/mol. The van der Waals surface area contributed by atoms with E-state index in [4.69, 9.17) is 17.3 Å². The van der Waals surface area contributed by atoms with Crippen molar-refractivity contribution in [1.82, 2.24) is 4.90 Å². The van der Waals surface area contributed by atoms with Gasteiger partial charge in [0.15, 0.2) is 0 Å². The van der Waals surface area contributed by atoms with E-state index >= 15 is 0 Å². The molecule has 0 saturated carbocycles. The summed E-state index contributed by atoms with van der Waals surface area (Å²) in [6.07, 6.45) is 1.97. The van der Waals surface area contributed by atoms with Crippen molar-refractivity contribution < 1.29 is 9.18 Å². The number of hydrogen-bond acceptors (Lipinski definition) is 2. The third-order valence-electron chi connectivity index (χ3n) is 3.62. The molecule has 1 aliphatic rings. The van der Waals surface area contributed by atoms with E-state index in [-0.39, 0.29) is 11.5 Å². The number of nitrogens with two attached hydrogens (primary N) is 1. The molecule has 1 amide bonds. The highest BCUT2D eigenvalue weighted by Crippen LogP contribution is 2.24. The maximum Gasteiger partial charge on any atom is 0.255 e. The molecule has 1 aliphatic heterocycles. The van der Waals surface area contributed by atoms with Crippen LogP contribution in [-0.2, 0) is 0 Å². The summed E-state index contributed by atoms with van der Waals surface area (Å²) in [5, 5.41) is 0.304. The van der Waals surface area contributed by atoms with E-state index in [2.05, 4.69) is 0 Å². The Kier molecular flexibility index (Phi) is 4.42. The van der Waals surface area contributed by atoms with Crippen LogP contribution in [-0.4, -0.2) is 30.4 Å². The van der Waals surface area contributed by atoms with Gasteiger partial charge in [0, 0.05) is 13.1 Å². The van der Waals surface area contributed by atoms with Gasteiger partial charge in [-0.25, -0.2) is 4.39 Å². The first-order chi connectivity index (χ1) is 9.02. The summed E-state index contributed by atoms with van der Waals surface area (Å²) < 4.78 is 13.6. The van der Waals surface area contributed by atoms with Crippen molar-refractivity contribution in [2.45, 2.75) is 19.8 Å². The molecule has 1 aromatic carbocycles. The van der Waals surface area contributed by atoms with Gasteiger partial charge in [-0.1, -0.05) is 11.6 Å². The fourth-order valence-electron chi connectivity index (χ4n) is 2.42. The molecule has 0 spiro atoms. The van der Waals surface area contributed by atoms with Crippen LogP contribution in [0.1, 0.15) is 28.8 Å². The first kappa shape index (κ1) is 14.3. The minimum atomic E-state index is -0.403. The average molecular weight is 285 g/mol. The molecule has 1 saturated heterocycles. The van der Waals surface area contributed by atoms with E-state index in [0.717, 1.165) is 12.8 Å². The summed E-state index contributed by atoms with van der Waals surface area (Å²) in [6.45, 7) is 3.50. The summed E-state index contributed by atoms with van der Waals surface area (Å²) in [7, 11) is 0. The number of piperidine rings is 1. The van der Waals surface area contributed by atoms with Gasteiger partial charge >= 0.3 is 0 Å². The highest BCUT2D eigenvalue weighted by atomic mass is 35.5. The zero-order valence-electron chi connectivity index (χ0n) is 11.0. The van der Waals surface area contributed by atoms with Crippen molar-refractivity contribution >= 4 is 17.5 Å². The van der Waals surface area contributed by atoms with E-state index in [0.29, 0.717) is 36.1 Å². The predicted molar refractivity (Wildman–Crippen MR) is 73.8 cm³/mol. The summed E-state index contributed by atoms with van der Waals surface area (Å²) >= 11 is 6.05. The Morgan fingerprint density at radius 2 is 2.32 bits per heavy atom. The first-order valence-electron chi connectivity index (χ1n) is 6.48. The van der Waals surface area contributed by atoms with Crippen LogP contribution in [0.25, 0.3) is 0 Å². The lowest BCUT2D eigenvalue weighted by Gasteiger charge is -2.32. The van der Waals surface area contributed by atoms with Crippen molar-refractivity contribution in [3.63, 3.8) is 0 Å². The second-order valence-corrected chi connectivity index (χ2v) is 5.48. The SMILES string of the molecule is Cc1cc(Cl)c(C(=O)N2CCCC(CN)C2)cc1F. The number of carbonyl (C=O) groups excluding carboxylic acids is 1. The maximum atomic E-state index is 13.6. The predicted octanol–water partition coefficient (Wildman–Crippen LogP) is 2.60. The molecule has 1 heterocycles. The van der Waals surface area contributed by atoms with Crippen LogP contribution in [0.4, 0.5) is 4.39 Å². The Hall–Kier alpha value is -1.13. The van der Waals surface area contributed by atoms with Crippen LogP contribution in [0.2, 0.25) is 5.02 Å². The van der Waals surface area contributed by atoms with Gasteiger partial charge in [0.2, 0.25) is 0 Å². The lowest BCUT2D eigenvalue weighted by Crippen LogP contribution is -2.42. The standard InChI is InChI=1S/C14H18ClFN2O/c1-9-5-12(15)11(6-13(9)16)14(19)18-4-2-3-10(7-17)8-18/h5-6,10H,2-4,7-8,17H2,1H3. The molecule has 19 heavy (non-hydrogen) atoms. The molecule has 1 fully saturated rings. The van der Waals surface area contributed by atoms with Gasteiger partial charge in [-0.05, 0) is 49.9 Å². The number of aryl methyl sites for hydroxylation is 1. The molecule has 0 radical (unpaired) electrons. The van der Waals surface area contributed by atoms with Crippen LogP contribution in [0.5, 0.6) is 0 Å². The normalized spacial score (nSPS) is 19.6. The summed E-state index contributed by atoms with van der Waals surface area (Å²) in [5.74, 6) is -0.283. The Bertz CT molecular complexity index is 493. The Balaban J connectivity index is 2.22. The molecular weight excluding hydrogens is 267 g/mol. The number of halogens is 2. The molecule has 1 unspecified atom stereocenters. The van der Waals surface area contributed by atoms with Crippen LogP contribution in [0.15, 0.2) is 12.1 Å². The largest absolute Gasteiger partial charge is 0.338 e. The maximum absolute atomic E-state index is 13.6. The Morgan fingerprint density at radius 1 is 1.58 bits per heavy atom. The topological polar surface area (TPSA) is 46.3 Å². The van der Waals surface area contributed by atoms with Crippen molar-refractivity contribution in [2.24, 2.45) is 11.7 Å². The van der Waals surface area contributed by atoms with Gasteiger partial charge < -0.3 is 10.6 Å². The van der Waals surface area contributed by atoms with Gasteiger partial charge in [-0.15, -0.1) is 0 Å². The summed E-state index contributed by atoms with van der Waals surface area (Å²) in [4.78, 5) is 14.1. The lowest BCUT2D eigenvalue weighted by atomic mass is 9.97. The highest BCUT2D eigenvalue weighted by Gasteiger charge is 2.25. The summed E-state index contributed by atoms with van der Waals surface area (Å²) in [6, 6.07) is 2.72. The van der Waals surface area contributed by atoms with Crippen molar-refractivity contribution in [1.29, 1.82) is 0 Å². The van der Waals surface area contributed by atoms with Gasteiger partial charge in [-0.2, -0.15) is 0 Å². The third-order valence-corrected chi connectivity index (χ3v) is 3.93. The molecule has 2 rings (SSSR count). The fourth-order valence-corrected chi connectivity index (χ4v) is 2.72. The Labute approximate surface area is 117 Å². The van der Waals surface area contributed by atoms with E-state index in [1.165, 1.54) is 12.1 Å². The van der Waals surface area contributed by atoms with Crippen molar-refractivity contribution in [3.05, 3.63) is 34.1 Å². The lowest BCUT2D eigenvalue weighted by molar-refractivity contribution is 0.0678. The molecule has 2 N–H and O–H groups in total. The van der Waals surface area contributed by atoms with Gasteiger partial charge in [0.05, 0.1) is 10.6 Å². The van der Waals surface area contributed by atoms with E-state index in [1.807, 2.05) is 0 Å². The van der Waals surface area contributed by atoms with Gasteiger partial charge in [-0.3, -0.25) is 4.79 Å². The van der Waals surface area contributed by atoms with E-state index in [1.54, 1.807) is 11.8 Å². The number of hydrogen-bond donors (Lipinski definition) is 1. The molecule has 104 valence electrons. The van der Waals surface area contributed by atoms with Crippen molar-refractivity contribution in [2.75, 3.05) is 19.6 Å². The molecule has 0 aliphatic carbocycles. The Morgan fingerprint density at radius 3 is 3.00 bits per heavy atom. The second-order valence-electron chi connectivity index (χ2n) is 5.08. The van der Waals surface area contributed by atoms with Crippen LogP contribution in [0.3, 0.4) is 0 Å². The van der Waals surface area contributed by atoms with Gasteiger partial charge in [0.25, 0.3) is 5.91 Å². The molecule has 5 heteroatoms. The molecule has 3 nitrogen and oxygen atoms in total. The van der Waals surface area contributed by atoms with Gasteiger partial charge in [0.1, 0.15) is 5.82 Å². The van der Waals surface area contributed by atoms with Crippen LogP contribution in [0, 0.1) is 18.7 Å². The highest BCUT2D eigenvalue weighted by molar-refractivity contribution is 6.33. The first-order valence-corrected chi connectivity index (χ1v) is 6.85. The minimum Gasteiger partial charge on any atom is -0.338 e. The number of nitrogens with zero attached hydrogens (tertiary/aromatic N) is 1. The van der Waals surface area contributed by atoms with E-state index in [9.17, 15) is 9.18 Å². The van der Waals surface area contributed by atoms with E-state index < -0.39 is 5.82 Å². The number of benzene rings is 1. The third kappa shape index (κ3) is 3.07. The zero-order valence-corrected chi connectivity index (χ0v) is 11.7. The molecule has 0 aromatic heterocycles.